The van der Waals surface area contributed by atoms with Crippen molar-refractivity contribution < 1.29 is 19.1 Å². The van der Waals surface area contributed by atoms with Crippen LogP contribution < -0.4 is 10.6 Å². The van der Waals surface area contributed by atoms with Gasteiger partial charge in [-0.3, -0.25) is 9.59 Å². The lowest BCUT2D eigenvalue weighted by atomic mass is 9.98. The van der Waals surface area contributed by atoms with Crippen molar-refractivity contribution in [2.75, 3.05) is 5.32 Å². The average molecular weight is 414 g/mol. The topological polar surface area (TPSA) is 84.5 Å². The molecule has 2 amide bonds. The highest BCUT2D eigenvalue weighted by atomic mass is 16.5. The first-order valence-corrected chi connectivity index (χ1v) is 10.1. The predicted molar refractivity (Wildman–Crippen MR) is 117 cm³/mol. The molecule has 0 bridgehead atoms. The Morgan fingerprint density at radius 2 is 1.61 bits per heavy atom. The molecule has 0 unspecified atom stereocenters. The highest BCUT2D eigenvalue weighted by molar-refractivity contribution is 6.06. The molecule has 1 heterocycles. The van der Waals surface area contributed by atoms with Crippen LogP contribution in [-0.4, -0.2) is 23.9 Å². The molecule has 0 fully saturated rings. The Labute approximate surface area is 180 Å². The summed E-state index contributed by atoms with van der Waals surface area (Å²) in [5.41, 5.74) is 2.91. The molecule has 3 aromatic carbocycles. The van der Waals surface area contributed by atoms with Gasteiger partial charge in [-0.2, -0.15) is 0 Å². The fourth-order valence-electron chi connectivity index (χ4n) is 3.58. The Morgan fingerprint density at radius 3 is 2.42 bits per heavy atom. The van der Waals surface area contributed by atoms with Crippen LogP contribution in [0, 0.1) is 0 Å². The van der Waals surface area contributed by atoms with Crippen LogP contribution >= 0.6 is 0 Å². The molecule has 6 heteroatoms. The molecular weight excluding hydrogens is 392 g/mol. The van der Waals surface area contributed by atoms with Gasteiger partial charge in [-0.25, -0.2) is 4.79 Å². The van der Waals surface area contributed by atoms with Crippen molar-refractivity contribution in [3.8, 4) is 0 Å². The van der Waals surface area contributed by atoms with Gasteiger partial charge in [0.25, 0.3) is 11.8 Å². The maximum absolute atomic E-state index is 12.9. The Kier molecular flexibility index (Phi) is 5.80. The lowest BCUT2D eigenvalue weighted by Crippen LogP contribution is -2.38. The largest absolute Gasteiger partial charge is 0.448 e. The second-order valence-electron chi connectivity index (χ2n) is 7.40. The fraction of sp³-hybridized carbons (Fsp3) is 0.160. The molecule has 0 spiro atoms. The molecule has 0 aliphatic carbocycles. The van der Waals surface area contributed by atoms with Gasteiger partial charge in [0.15, 0.2) is 6.10 Å². The number of cyclic esters (lactones) is 1. The van der Waals surface area contributed by atoms with E-state index in [1.54, 1.807) is 36.4 Å². The maximum Gasteiger partial charge on any atom is 0.339 e. The van der Waals surface area contributed by atoms with Gasteiger partial charge in [-0.15, -0.1) is 0 Å². The van der Waals surface area contributed by atoms with Crippen molar-refractivity contribution in [1.29, 1.82) is 0 Å². The molecule has 0 saturated heterocycles. The summed E-state index contributed by atoms with van der Waals surface area (Å²) in [7, 11) is 0. The van der Waals surface area contributed by atoms with E-state index in [4.69, 9.17) is 4.74 Å². The summed E-state index contributed by atoms with van der Waals surface area (Å²) < 4.78 is 5.32. The molecule has 0 radical (unpaired) electrons. The van der Waals surface area contributed by atoms with Crippen LogP contribution in [0.3, 0.4) is 0 Å². The highest BCUT2D eigenvalue weighted by Crippen LogP contribution is 2.23. The number of benzene rings is 3. The van der Waals surface area contributed by atoms with Gasteiger partial charge < -0.3 is 15.4 Å². The van der Waals surface area contributed by atoms with E-state index in [0.29, 0.717) is 16.8 Å². The molecule has 1 aliphatic heterocycles. The number of amides is 2. The number of rotatable bonds is 5. The molecule has 156 valence electrons. The lowest BCUT2D eigenvalue weighted by Gasteiger charge is -2.24. The number of para-hydroxylation sites is 1. The number of hydrogen-bond acceptors (Lipinski definition) is 4. The quantitative estimate of drug-likeness (QED) is 0.620. The average Bonchev–Trinajstić information content (AvgIpc) is 2.80. The van der Waals surface area contributed by atoms with Crippen molar-refractivity contribution in [3.05, 3.63) is 101 Å². The number of fused-ring (bicyclic) bond motifs is 1. The number of ether oxygens (including phenoxy) is 1. The maximum atomic E-state index is 12.9. The molecule has 31 heavy (non-hydrogen) atoms. The van der Waals surface area contributed by atoms with E-state index in [0.717, 1.165) is 11.1 Å². The first-order chi connectivity index (χ1) is 15.0. The minimum Gasteiger partial charge on any atom is -0.448 e. The van der Waals surface area contributed by atoms with Crippen molar-refractivity contribution in [1.82, 2.24) is 5.32 Å². The van der Waals surface area contributed by atoms with Crippen LogP contribution in [0.5, 0.6) is 0 Å². The number of carbonyl (C=O) groups is 3. The molecule has 1 aliphatic rings. The normalized spacial score (nSPS) is 15.9. The van der Waals surface area contributed by atoms with E-state index < -0.39 is 18.0 Å². The molecule has 3 aromatic rings. The van der Waals surface area contributed by atoms with Crippen LogP contribution in [0.25, 0.3) is 0 Å². The predicted octanol–water partition coefficient (Wildman–Crippen LogP) is 3.90. The van der Waals surface area contributed by atoms with Crippen LogP contribution in [0.1, 0.15) is 44.8 Å². The van der Waals surface area contributed by atoms with Crippen LogP contribution in [-0.2, 0) is 16.0 Å². The third-order valence-corrected chi connectivity index (χ3v) is 5.26. The lowest BCUT2D eigenvalue weighted by molar-refractivity contribution is -0.125. The second-order valence-corrected chi connectivity index (χ2v) is 7.40. The SMILES string of the molecule is C[C@H](NC(=O)c1ccccc1NC(=O)[C@@H]1Cc2ccccc2C(=O)O1)c1ccccc1. The van der Waals surface area contributed by atoms with Gasteiger partial charge in [0.1, 0.15) is 0 Å². The molecule has 2 N–H and O–H groups in total. The molecular formula is C25H22N2O4. The Morgan fingerprint density at radius 1 is 0.935 bits per heavy atom. The molecule has 0 saturated carbocycles. The highest BCUT2D eigenvalue weighted by Gasteiger charge is 2.31. The summed E-state index contributed by atoms with van der Waals surface area (Å²) in [5, 5.41) is 5.70. The second kappa shape index (κ2) is 8.83. The summed E-state index contributed by atoms with van der Waals surface area (Å²) in [6.07, 6.45) is -0.672. The van der Waals surface area contributed by atoms with E-state index in [-0.39, 0.29) is 18.4 Å². The van der Waals surface area contributed by atoms with Gasteiger partial charge in [0.2, 0.25) is 0 Å². The van der Waals surface area contributed by atoms with E-state index in [1.165, 1.54) is 0 Å². The number of esters is 1. The van der Waals surface area contributed by atoms with Gasteiger partial charge in [-0.05, 0) is 36.2 Å². The van der Waals surface area contributed by atoms with E-state index in [2.05, 4.69) is 10.6 Å². The smallest absolute Gasteiger partial charge is 0.339 e. The van der Waals surface area contributed by atoms with Crippen LogP contribution in [0.4, 0.5) is 5.69 Å². The molecule has 6 nitrogen and oxygen atoms in total. The Balaban J connectivity index is 1.48. The van der Waals surface area contributed by atoms with Crippen LogP contribution in [0.2, 0.25) is 0 Å². The van der Waals surface area contributed by atoms with E-state index in [1.807, 2.05) is 49.4 Å². The third-order valence-electron chi connectivity index (χ3n) is 5.26. The third kappa shape index (κ3) is 4.48. The molecule has 2 atom stereocenters. The van der Waals surface area contributed by atoms with Crippen molar-refractivity contribution in [2.45, 2.75) is 25.5 Å². The van der Waals surface area contributed by atoms with Gasteiger partial charge in [0.05, 0.1) is 22.9 Å². The first kappa shape index (κ1) is 20.3. The zero-order chi connectivity index (χ0) is 21.8. The van der Waals surface area contributed by atoms with Gasteiger partial charge >= 0.3 is 5.97 Å². The number of carbonyl (C=O) groups excluding carboxylic acids is 3. The monoisotopic (exact) mass is 414 g/mol. The van der Waals surface area contributed by atoms with Gasteiger partial charge in [-0.1, -0.05) is 60.7 Å². The van der Waals surface area contributed by atoms with Gasteiger partial charge in [0, 0.05) is 6.42 Å². The molecule has 4 rings (SSSR count). The number of hydrogen-bond donors (Lipinski definition) is 2. The summed E-state index contributed by atoms with van der Waals surface area (Å²) in [6.45, 7) is 1.90. The summed E-state index contributed by atoms with van der Waals surface area (Å²) in [5.74, 6) is -1.30. The van der Waals surface area contributed by atoms with E-state index in [9.17, 15) is 14.4 Å². The number of anilines is 1. The Hall–Kier alpha value is -3.93. The van der Waals surface area contributed by atoms with Crippen molar-refractivity contribution >= 4 is 23.5 Å². The Bertz CT molecular complexity index is 1130. The minimum absolute atomic E-state index is 0.201. The van der Waals surface area contributed by atoms with E-state index >= 15 is 0 Å². The van der Waals surface area contributed by atoms with Crippen molar-refractivity contribution in [3.63, 3.8) is 0 Å². The zero-order valence-corrected chi connectivity index (χ0v) is 17.0. The zero-order valence-electron chi connectivity index (χ0n) is 17.0. The van der Waals surface area contributed by atoms with Crippen LogP contribution in [0.15, 0.2) is 78.9 Å². The summed E-state index contributed by atoms with van der Waals surface area (Å²) >= 11 is 0. The first-order valence-electron chi connectivity index (χ1n) is 10.1. The molecule has 0 aromatic heterocycles. The summed E-state index contributed by atoms with van der Waals surface area (Å²) in [4.78, 5) is 37.9. The minimum atomic E-state index is -0.957. The fourth-order valence-corrected chi connectivity index (χ4v) is 3.58. The standard InChI is InChI=1S/C25H22N2O4/c1-16(17-9-3-2-4-10-17)26-23(28)20-13-7-8-14-21(20)27-24(29)22-15-18-11-5-6-12-19(18)25(30)31-22/h2-14,16,22H,15H2,1H3,(H,26,28)(H,27,29)/t16-,22-/m0/s1. The summed E-state index contributed by atoms with van der Waals surface area (Å²) in [6, 6.07) is 23.2. The van der Waals surface area contributed by atoms with Crippen molar-refractivity contribution in [2.24, 2.45) is 0 Å². The number of nitrogens with one attached hydrogen (secondary N) is 2.